The fraction of sp³-hybridized carbons (Fsp3) is 0.417. The molecule has 0 spiro atoms. The fourth-order valence-corrected chi connectivity index (χ4v) is 2.79. The molecule has 0 bridgehead atoms. The molecule has 0 aromatic heterocycles. The summed E-state index contributed by atoms with van der Waals surface area (Å²) in [5.74, 6) is 0.238. The van der Waals surface area contributed by atoms with Crippen molar-refractivity contribution in [2.45, 2.75) is 25.3 Å². The van der Waals surface area contributed by atoms with Gasteiger partial charge in [0.1, 0.15) is 0 Å². The van der Waals surface area contributed by atoms with Gasteiger partial charge in [0.05, 0.1) is 17.3 Å². The molecule has 1 amide bonds. The summed E-state index contributed by atoms with van der Waals surface area (Å²) < 4.78 is 0. The van der Waals surface area contributed by atoms with Crippen LogP contribution >= 0.6 is 11.6 Å². The normalized spacial score (nSPS) is 27.4. The van der Waals surface area contributed by atoms with Crippen LogP contribution < -0.4 is 10.6 Å². The highest BCUT2D eigenvalue weighted by molar-refractivity contribution is 6.31. The highest BCUT2D eigenvalue weighted by Gasteiger charge is 2.35. The summed E-state index contributed by atoms with van der Waals surface area (Å²) in [6.07, 6.45) is 3.15. The molecule has 1 aromatic rings. The van der Waals surface area contributed by atoms with Gasteiger partial charge in [-0.3, -0.25) is 4.79 Å². The molecule has 2 aliphatic rings. The first-order valence-corrected chi connectivity index (χ1v) is 5.99. The third kappa shape index (κ3) is 1.55. The summed E-state index contributed by atoms with van der Waals surface area (Å²) in [5, 5.41) is 7.08. The molecule has 2 atom stereocenters. The predicted molar refractivity (Wildman–Crippen MR) is 64.8 cm³/mol. The number of anilines is 2. The molecule has 3 rings (SSSR count). The van der Waals surface area contributed by atoms with Gasteiger partial charge in [-0.25, -0.2) is 0 Å². The number of nitrogens with one attached hydrogen (secondary N) is 2. The van der Waals surface area contributed by atoms with Crippen LogP contribution in [0.3, 0.4) is 0 Å². The van der Waals surface area contributed by atoms with Crippen LogP contribution in [0.5, 0.6) is 0 Å². The van der Waals surface area contributed by atoms with E-state index in [0.717, 1.165) is 30.6 Å². The first kappa shape index (κ1) is 9.97. The number of fused-ring (bicyclic) bond motifs is 2. The van der Waals surface area contributed by atoms with Crippen LogP contribution in [-0.4, -0.2) is 11.9 Å². The number of halogens is 1. The zero-order chi connectivity index (χ0) is 11.1. The molecule has 2 unspecified atom stereocenters. The second-order valence-corrected chi connectivity index (χ2v) is 4.90. The number of rotatable bonds is 0. The second kappa shape index (κ2) is 3.67. The molecule has 3 nitrogen and oxygen atoms in total. The highest BCUT2D eigenvalue weighted by atomic mass is 35.5. The average Bonchev–Trinajstić information content (AvgIpc) is 2.65. The van der Waals surface area contributed by atoms with Gasteiger partial charge in [-0.1, -0.05) is 18.0 Å². The Kier molecular flexibility index (Phi) is 2.28. The van der Waals surface area contributed by atoms with Crippen molar-refractivity contribution < 1.29 is 4.79 Å². The van der Waals surface area contributed by atoms with Gasteiger partial charge in [0.2, 0.25) is 5.91 Å². The standard InChI is InChI=1S/C12H13ClN2O/c13-7-4-5-10-11(6-7)14-9-3-1-2-8(9)12(16)15-10/h4-6,8-9,14H,1-3H2,(H,15,16). The van der Waals surface area contributed by atoms with Gasteiger partial charge in [0, 0.05) is 11.1 Å². The van der Waals surface area contributed by atoms with E-state index >= 15 is 0 Å². The minimum Gasteiger partial charge on any atom is -0.380 e. The lowest BCUT2D eigenvalue weighted by Crippen LogP contribution is -2.30. The molecule has 1 aromatic carbocycles. The zero-order valence-electron chi connectivity index (χ0n) is 8.79. The van der Waals surface area contributed by atoms with Gasteiger partial charge in [-0.05, 0) is 31.0 Å². The molecule has 16 heavy (non-hydrogen) atoms. The molecule has 2 N–H and O–H groups in total. The highest BCUT2D eigenvalue weighted by Crippen LogP contribution is 2.36. The SMILES string of the molecule is O=C1Nc2ccc(Cl)cc2NC2CCCC12. The fourth-order valence-electron chi connectivity index (χ4n) is 2.62. The Morgan fingerprint density at radius 1 is 1.25 bits per heavy atom. The molecule has 1 saturated carbocycles. The van der Waals surface area contributed by atoms with Crippen LogP contribution in [0.25, 0.3) is 0 Å². The van der Waals surface area contributed by atoms with Crippen molar-refractivity contribution >= 4 is 28.9 Å². The summed E-state index contributed by atoms with van der Waals surface area (Å²) in [5.41, 5.74) is 1.78. The number of amides is 1. The monoisotopic (exact) mass is 236 g/mol. The average molecular weight is 237 g/mol. The minimum atomic E-state index is 0.103. The van der Waals surface area contributed by atoms with Crippen molar-refractivity contribution in [2.24, 2.45) is 5.92 Å². The van der Waals surface area contributed by atoms with Gasteiger partial charge in [-0.15, -0.1) is 0 Å². The topological polar surface area (TPSA) is 41.1 Å². The van der Waals surface area contributed by atoms with Crippen LogP contribution in [0.2, 0.25) is 5.02 Å². The third-order valence-electron chi connectivity index (χ3n) is 3.43. The largest absolute Gasteiger partial charge is 0.380 e. The van der Waals surface area contributed by atoms with Gasteiger partial charge in [-0.2, -0.15) is 0 Å². The smallest absolute Gasteiger partial charge is 0.229 e. The summed E-state index contributed by atoms with van der Waals surface area (Å²) >= 11 is 5.96. The Bertz CT molecular complexity index is 447. The molecule has 1 aliphatic carbocycles. The molecular formula is C12H13ClN2O. The summed E-state index contributed by atoms with van der Waals surface area (Å²) in [4.78, 5) is 12.0. The van der Waals surface area contributed by atoms with Crippen LogP contribution in [0.1, 0.15) is 19.3 Å². The van der Waals surface area contributed by atoms with E-state index in [4.69, 9.17) is 11.6 Å². The molecule has 1 fully saturated rings. The van der Waals surface area contributed by atoms with Crippen LogP contribution in [-0.2, 0) is 4.79 Å². The Morgan fingerprint density at radius 2 is 2.12 bits per heavy atom. The summed E-state index contributed by atoms with van der Waals surface area (Å²) in [6.45, 7) is 0. The Balaban J connectivity index is 2.01. The maximum Gasteiger partial charge on any atom is 0.229 e. The van der Waals surface area contributed by atoms with E-state index in [9.17, 15) is 4.79 Å². The van der Waals surface area contributed by atoms with E-state index in [0.29, 0.717) is 5.02 Å². The molecule has 1 aliphatic heterocycles. The zero-order valence-corrected chi connectivity index (χ0v) is 9.55. The van der Waals surface area contributed by atoms with Crippen molar-refractivity contribution in [3.63, 3.8) is 0 Å². The lowest BCUT2D eigenvalue weighted by Gasteiger charge is -2.16. The van der Waals surface area contributed by atoms with Crippen LogP contribution in [0.4, 0.5) is 11.4 Å². The van der Waals surface area contributed by atoms with Gasteiger partial charge >= 0.3 is 0 Å². The van der Waals surface area contributed by atoms with Crippen LogP contribution in [0, 0.1) is 5.92 Å². The minimum absolute atomic E-state index is 0.103. The maximum atomic E-state index is 12.0. The number of benzene rings is 1. The van der Waals surface area contributed by atoms with Gasteiger partial charge in [0.15, 0.2) is 0 Å². The lowest BCUT2D eigenvalue weighted by molar-refractivity contribution is -0.119. The van der Waals surface area contributed by atoms with Crippen molar-refractivity contribution in [3.8, 4) is 0 Å². The van der Waals surface area contributed by atoms with Crippen molar-refractivity contribution in [2.75, 3.05) is 10.6 Å². The Morgan fingerprint density at radius 3 is 3.00 bits per heavy atom. The Labute approximate surface area is 99.2 Å². The molecule has 84 valence electrons. The number of carbonyl (C=O) groups is 1. The molecule has 4 heteroatoms. The van der Waals surface area contributed by atoms with Gasteiger partial charge < -0.3 is 10.6 Å². The van der Waals surface area contributed by atoms with E-state index in [-0.39, 0.29) is 17.9 Å². The summed E-state index contributed by atoms with van der Waals surface area (Å²) in [6, 6.07) is 5.78. The van der Waals surface area contributed by atoms with E-state index in [1.165, 1.54) is 0 Å². The molecule has 0 saturated heterocycles. The maximum absolute atomic E-state index is 12.0. The quantitative estimate of drug-likeness (QED) is 0.727. The molecule has 0 radical (unpaired) electrons. The van der Waals surface area contributed by atoms with Crippen molar-refractivity contribution in [3.05, 3.63) is 23.2 Å². The number of hydrogen-bond acceptors (Lipinski definition) is 2. The first-order chi connectivity index (χ1) is 7.74. The van der Waals surface area contributed by atoms with Crippen molar-refractivity contribution in [1.29, 1.82) is 0 Å². The molecular weight excluding hydrogens is 224 g/mol. The Hall–Kier alpha value is -1.22. The number of hydrogen-bond donors (Lipinski definition) is 2. The van der Waals surface area contributed by atoms with Crippen LogP contribution in [0.15, 0.2) is 18.2 Å². The molecule has 1 heterocycles. The van der Waals surface area contributed by atoms with Gasteiger partial charge in [0.25, 0.3) is 0 Å². The van der Waals surface area contributed by atoms with E-state index in [1.54, 1.807) is 6.07 Å². The summed E-state index contributed by atoms with van der Waals surface area (Å²) in [7, 11) is 0. The third-order valence-corrected chi connectivity index (χ3v) is 3.67. The van der Waals surface area contributed by atoms with E-state index in [2.05, 4.69) is 10.6 Å². The van der Waals surface area contributed by atoms with E-state index in [1.807, 2.05) is 12.1 Å². The lowest BCUT2D eigenvalue weighted by atomic mass is 10.0. The number of carbonyl (C=O) groups excluding carboxylic acids is 1. The first-order valence-electron chi connectivity index (χ1n) is 5.61. The van der Waals surface area contributed by atoms with Crippen molar-refractivity contribution in [1.82, 2.24) is 0 Å². The predicted octanol–water partition coefficient (Wildman–Crippen LogP) is 2.87. The van der Waals surface area contributed by atoms with E-state index < -0.39 is 0 Å². The second-order valence-electron chi connectivity index (χ2n) is 4.47.